The Morgan fingerprint density at radius 3 is 2.61 bits per heavy atom. The zero-order chi connectivity index (χ0) is 16.7. The van der Waals surface area contributed by atoms with Crippen LogP contribution in [0.2, 0.25) is 0 Å². The first kappa shape index (κ1) is 17.5. The highest BCUT2D eigenvalue weighted by molar-refractivity contribution is 5.97. The van der Waals surface area contributed by atoms with E-state index < -0.39 is 5.97 Å². The van der Waals surface area contributed by atoms with Gasteiger partial charge in [0.05, 0.1) is 13.0 Å². The summed E-state index contributed by atoms with van der Waals surface area (Å²) in [4.78, 5) is 24.8. The Morgan fingerprint density at radius 1 is 1.26 bits per heavy atom. The predicted molar refractivity (Wildman–Crippen MR) is 88.0 cm³/mol. The molecule has 1 aromatic rings. The first-order chi connectivity index (χ1) is 11.1. The predicted octanol–water partition coefficient (Wildman–Crippen LogP) is 2.99. The second-order valence-corrected chi connectivity index (χ2v) is 6.07. The molecule has 0 radical (unpaired) electrons. The number of hydrogen-bond donors (Lipinski definition) is 1. The Morgan fingerprint density at radius 2 is 2.00 bits per heavy atom. The van der Waals surface area contributed by atoms with Crippen molar-refractivity contribution in [2.24, 2.45) is 0 Å². The molecule has 1 aromatic carbocycles. The Balaban J connectivity index is 1.70. The van der Waals surface area contributed by atoms with E-state index in [0.717, 1.165) is 18.7 Å². The van der Waals surface area contributed by atoms with Gasteiger partial charge in [-0.25, -0.2) is 0 Å². The molecule has 1 N–H and O–H groups in total. The van der Waals surface area contributed by atoms with Crippen LogP contribution in [0.15, 0.2) is 24.3 Å². The van der Waals surface area contributed by atoms with Crippen molar-refractivity contribution >= 4 is 11.8 Å². The highest BCUT2D eigenvalue weighted by atomic mass is 16.5. The molecule has 0 amide bonds. The summed E-state index contributed by atoms with van der Waals surface area (Å²) in [6.07, 6.45) is 3.47. The number of carbonyl (C=O) groups is 2. The monoisotopic (exact) mass is 319 g/mol. The minimum absolute atomic E-state index is 0.0313. The topological polar surface area (TPSA) is 66.8 Å². The van der Waals surface area contributed by atoms with Gasteiger partial charge < -0.3 is 14.7 Å². The van der Waals surface area contributed by atoms with Crippen molar-refractivity contribution in [2.45, 2.75) is 45.1 Å². The Hall–Kier alpha value is -1.88. The summed E-state index contributed by atoms with van der Waals surface area (Å²) >= 11 is 0. The number of benzene rings is 1. The lowest BCUT2D eigenvalue weighted by atomic mass is 10.1. The molecule has 1 fully saturated rings. The third kappa shape index (κ3) is 5.67. The second-order valence-electron chi connectivity index (χ2n) is 6.07. The fourth-order valence-corrected chi connectivity index (χ4v) is 2.88. The smallest absolute Gasteiger partial charge is 0.303 e. The van der Waals surface area contributed by atoms with Crippen LogP contribution in [0.5, 0.6) is 5.75 Å². The maximum Gasteiger partial charge on any atom is 0.303 e. The van der Waals surface area contributed by atoms with Gasteiger partial charge in [-0.2, -0.15) is 0 Å². The van der Waals surface area contributed by atoms with Crippen LogP contribution in [-0.2, 0) is 4.79 Å². The minimum atomic E-state index is -0.953. The lowest BCUT2D eigenvalue weighted by Crippen LogP contribution is -2.28. The van der Waals surface area contributed by atoms with Gasteiger partial charge in [-0.15, -0.1) is 0 Å². The molecule has 0 saturated carbocycles. The van der Waals surface area contributed by atoms with Crippen LogP contribution in [-0.4, -0.2) is 47.5 Å². The van der Waals surface area contributed by atoms with Crippen LogP contribution in [0, 0.1) is 0 Å². The summed E-state index contributed by atoms with van der Waals surface area (Å²) in [5, 5.41) is 8.59. The molecule has 1 atom stereocenters. The molecule has 5 heteroatoms. The number of ketones is 1. The maximum atomic E-state index is 11.8. The average Bonchev–Trinajstić information content (AvgIpc) is 2.95. The molecule has 5 nitrogen and oxygen atoms in total. The van der Waals surface area contributed by atoms with E-state index in [4.69, 9.17) is 9.84 Å². The highest BCUT2D eigenvalue weighted by Crippen LogP contribution is 2.17. The van der Waals surface area contributed by atoms with Gasteiger partial charge in [0.25, 0.3) is 0 Å². The lowest BCUT2D eigenvalue weighted by molar-refractivity contribution is -0.136. The van der Waals surface area contributed by atoms with Crippen LogP contribution >= 0.6 is 0 Å². The fraction of sp³-hybridized carbons (Fsp3) is 0.556. The molecule has 0 spiro atoms. The van der Waals surface area contributed by atoms with E-state index in [9.17, 15) is 9.59 Å². The van der Waals surface area contributed by atoms with Crippen molar-refractivity contribution in [3.8, 4) is 5.75 Å². The summed E-state index contributed by atoms with van der Waals surface area (Å²) < 4.78 is 5.70. The largest absolute Gasteiger partial charge is 0.494 e. The summed E-state index contributed by atoms with van der Waals surface area (Å²) in [5.74, 6) is -0.359. The van der Waals surface area contributed by atoms with Crippen LogP contribution in [0.1, 0.15) is 49.4 Å². The van der Waals surface area contributed by atoms with Crippen molar-refractivity contribution in [3.63, 3.8) is 0 Å². The van der Waals surface area contributed by atoms with E-state index >= 15 is 0 Å². The molecular formula is C18H25NO4. The van der Waals surface area contributed by atoms with Crippen molar-refractivity contribution in [2.75, 3.05) is 19.7 Å². The highest BCUT2D eigenvalue weighted by Gasteiger charge is 2.19. The SMILES string of the molecule is C[C@@H]1CCCN1CCCOc1ccc(C(=O)CCC(=O)O)cc1. The van der Waals surface area contributed by atoms with E-state index in [1.807, 2.05) is 0 Å². The molecule has 1 aliphatic heterocycles. The number of hydrogen-bond acceptors (Lipinski definition) is 4. The van der Waals surface area contributed by atoms with Gasteiger partial charge >= 0.3 is 5.97 Å². The summed E-state index contributed by atoms with van der Waals surface area (Å²) in [7, 11) is 0. The van der Waals surface area contributed by atoms with Gasteiger partial charge in [-0.1, -0.05) is 0 Å². The molecule has 0 bridgehead atoms. The van der Waals surface area contributed by atoms with E-state index in [-0.39, 0.29) is 18.6 Å². The molecule has 23 heavy (non-hydrogen) atoms. The molecular weight excluding hydrogens is 294 g/mol. The number of carboxylic acids is 1. The standard InChI is InChI=1S/C18H25NO4/c1-14-4-2-11-19(14)12-3-13-23-16-7-5-15(6-8-16)17(20)9-10-18(21)22/h5-8,14H,2-4,9-13H2,1H3,(H,21,22)/t14-/m1/s1. The van der Waals surface area contributed by atoms with Gasteiger partial charge in [-0.3, -0.25) is 9.59 Å². The number of carboxylic acid groups (broad SMARTS) is 1. The number of likely N-dealkylation sites (tertiary alicyclic amines) is 1. The van der Waals surface area contributed by atoms with Gasteiger partial charge in [0, 0.05) is 24.6 Å². The van der Waals surface area contributed by atoms with Gasteiger partial charge in [-0.05, 0) is 57.0 Å². The number of nitrogens with zero attached hydrogens (tertiary/aromatic N) is 1. The number of Topliss-reactive ketones (excluding diaryl/α,β-unsaturated/α-hetero) is 1. The molecule has 126 valence electrons. The van der Waals surface area contributed by atoms with Gasteiger partial charge in [0.1, 0.15) is 5.75 Å². The van der Waals surface area contributed by atoms with Crippen LogP contribution in [0.4, 0.5) is 0 Å². The van der Waals surface area contributed by atoms with E-state index in [1.54, 1.807) is 24.3 Å². The van der Waals surface area contributed by atoms with Crippen LogP contribution < -0.4 is 4.74 Å². The van der Waals surface area contributed by atoms with Gasteiger partial charge in [0.2, 0.25) is 0 Å². The van der Waals surface area contributed by atoms with E-state index in [2.05, 4.69) is 11.8 Å². The van der Waals surface area contributed by atoms with Crippen molar-refractivity contribution in [1.29, 1.82) is 0 Å². The molecule has 1 heterocycles. The number of aliphatic carboxylic acids is 1. The quantitative estimate of drug-likeness (QED) is 0.560. The summed E-state index contributed by atoms with van der Waals surface area (Å²) in [5.41, 5.74) is 0.532. The molecule has 0 unspecified atom stereocenters. The second kappa shape index (κ2) is 8.67. The first-order valence-corrected chi connectivity index (χ1v) is 8.28. The third-order valence-corrected chi connectivity index (χ3v) is 4.29. The molecule has 0 aliphatic carbocycles. The fourth-order valence-electron chi connectivity index (χ4n) is 2.88. The van der Waals surface area contributed by atoms with E-state index in [1.165, 1.54) is 19.4 Å². The molecule has 2 rings (SSSR count). The Labute approximate surface area is 137 Å². The molecule has 0 aromatic heterocycles. The number of carbonyl (C=O) groups excluding carboxylic acids is 1. The van der Waals surface area contributed by atoms with E-state index in [0.29, 0.717) is 18.2 Å². The van der Waals surface area contributed by atoms with Crippen molar-refractivity contribution in [1.82, 2.24) is 4.90 Å². The van der Waals surface area contributed by atoms with Crippen molar-refractivity contribution in [3.05, 3.63) is 29.8 Å². The third-order valence-electron chi connectivity index (χ3n) is 4.29. The van der Waals surface area contributed by atoms with Crippen LogP contribution in [0.3, 0.4) is 0 Å². The zero-order valence-corrected chi connectivity index (χ0v) is 13.7. The number of ether oxygens (including phenoxy) is 1. The number of rotatable bonds is 9. The summed E-state index contributed by atoms with van der Waals surface area (Å²) in [6.45, 7) is 5.19. The lowest BCUT2D eigenvalue weighted by Gasteiger charge is -2.20. The zero-order valence-electron chi connectivity index (χ0n) is 13.7. The molecule has 1 aliphatic rings. The van der Waals surface area contributed by atoms with Crippen molar-refractivity contribution < 1.29 is 19.4 Å². The van der Waals surface area contributed by atoms with Crippen LogP contribution in [0.25, 0.3) is 0 Å². The minimum Gasteiger partial charge on any atom is -0.494 e. The first-order valence-electron chi connectivity index (χ1n) is 8.28. The Kier molecular flexibility index (Phi) is 6.59. The average molecular weight is 319 g/mol. The maximum absolute atomic E-state index is 11.8. The Bertz CT molecular complexity index is 526. The van der Waals surface area contributed by atoms with Gasteiger partial charge in [0.15, 0.2) is 5.78 Å². The normalized spacial score (nSPS) is 18.0. The summed E-state index contributed by atoms with van der Waals surface area (Å²) in [6, 6.07) is 7.62. The molecule has 1 saturated heterocycles.